The van der Waals surface area contributed by atoms with Gasteiger partial charge in [-0.2, -0.15) is 0 Å². The second kappa shape index (κ2) is 10.4. The van der Waals surface area contributed by atoms with Crippen LogP contribution in [0.1, 0.15) is 61.7 Å². The van der Waals surface area contributed by atoms with Crippen LogP contribution in [0, 0.1) is 5.92 Å². The molecule has 0 spiro atoms. The summed E-state index contributed by atoms with van der Waals surface area (Å²) < 4.78 is 0. The first-order chi connectivity index (χ1) is 14.7. The van der Waals surface area contributed by atoms with Crippen LogP contribution in [0.5, 0.6) is 0 Å². The molecule has 6 heteroatoms. The highest BCUT2D eigenvalue weighted by Crippen LogP contribution is 2.27. The standard InChI is InChI=1S/C24H29ClN2O3/c25-21-11-9-18(10-12-21)19-13-20(15-26-14-19)24(28)27-22-7-3-4-8-23(22)30-29-16-17-5-1-2-6-17/h9-15,17,22-23H,1-8,16H2,(H,27,28)/t22-,23-/m1/s1. The van der Waals surface area contributed by atoms with Crippen molar-refractivity contribution in [1.29, 1.82) is 0 Å². The van der Waals surface area contributed by atoms with Gasteiger partial charge in [0, 0.05) is 23.0 Å². The van der Waals surface area contributed by atoms with Crippen molar-refractivity contribution < 1.29 is 14.6 Å². The van der Waals surface area contributed by atoms with Crippen LogP contribution in [0.3, 0.4) is 0 Å². The van der Waals surface area contributed by atoms with Gasteiger partial charge in [-0.1, -0.05) is 49.4 Å². The van der Waals surface area contributed by atoms with E-state index in [4.69, 9.17) is 21.4 Å². The van der Waals surface area contributed by atoms with Gasteiger partial charge in [0.15, 0.2) is 0 Å². The smallest absolute Gasteiger partial charge is 0.253 e. The molecule has 1 amide bonds. The number of hydrogen-bond donors (Lipinski definition) is 1. The van der Waals surface area contributed by atoms with Crippen molar-refractivity contribution >= 4 is 17.5 Å². The van der Waals surface area contributed by atoms with E-state index in [1.165, 1.54) is 25.7 Å². The SMILES string of the molecule is O=C(N[C@@H]1CCCC[C@H]1OOCC1CCCC1)c1cncc(-c2ccc(Cl)cc2)c1. The van der Waals surface area contributed by atoms with Crippen LogP contribution in [-0.2, 0) is 9.78 Å². The van der Waals surface area contributed by atoms with Crippen LogP contribution in [0.2, 0.25) is 5.02 Å². The first-order valence-electron chi connectivity index (χ1n) is 11.0. The Balaban J connectivity index is 1.36. The van der Waals surface area contributed by atoms with Gasteiger partial charge in [0.1, 0.15) is 6.10 Å². The van der Waals surface area contributed by atoms with E-state index < -0.39 is 0 Å². The molecule has 2 aliphatic rings. The number of carbonyl (C=O) groups is 1. The fourth-order valence-corrected chi connectivity index (χ4v) is 4.52. The Kier molecular flexibility index (Phi) is 7.37. The summed E-state index contributed by atoms with van der Waals surface area (Å²) in [4.78, 5) is 28.5. The number of carbonyl (C=O) groups excluding carboxylic acids is 1. The Labute approximate surface area is 183 Å². The monoisotopic (exact) mass is 428 g/mol. The number of aromatic nitrogens is 1. The Morgan fingerprint density at radius 3 is 2.53 bits per heavy atom. The minimum absolute atomic E-state index is 0.0472. The number of amides is 1. The van der Waals surface area contributed by atoms with E-state index in [-0.39, 0.29) is 18.1 Å². The molecule has 1 N–H and O–H groups in total. The molecule has 160 valence electrons. The van der Waals surface area contributed by atoms with Crippen molar-refractivity contribution in [3.8, 4) is 11.1 Å². The summed E-state index contributed by atoms with van der Waals surface area (Å²) in [5.41, 5.74) is 2.40. The van der Waals surface area contributed by atoms with Gasteiger partial charge in [0.05, 0.1) is 18.2 Å². The molecule has 2 saturated carbocycles. The zero-order valence-electron chi connectivity index (χ0n) is 17.2. The van der Waals surface area contributed by atoms with Crippen LogP contribution in [-0.4, -0.2) is 29.6 Å². The molecule has 0 radical (unpaired) electrons. The fraction of sp³-hybridized carbons (Fsp3) is 0.500. The predicted octanol–water partition coefficient (Wildman–Crippen LogP) is 5.58. The summed E-state index contributed by atoms with van der Waals surface area (Å²) in [5, 5.41) is 3.83. The van der Waals surface area contributed by atoms with Crippen LogP contribution >= 0.6 is 11.6 Å². The largest absolute Gasteiger partial charge is 0.347 e. The average Bonchev–Trinajstić information content (AvgIpc) is 3.29. The van der Waals surface area contributed by atoms with Gasteiger partial charge in [-0.25, -0.2) is 9.78 Å². The van der Waals surface area contributed by atoms with Gasteiger partial charge in [0.2, 0.25) is 0 Å². The van der Waals surface area contributed by atoms with E-state index in [1.54, 1.807) is 12.4 Å². The second-order valence-corrected chi connectivity index (χ2v) is 8.84. The molecule has 1 heterocycles. The van der Waals surface area contributed by atoms with Crippen molar-refractivity contribution in [3.63, 3.8) is 0 Å². The lowest BCUT2D eigenvalue weighted by molar-refractivity contribution is -0.337. The third kappa shape index (κ3) is 5.60. The third-order valence-electron chi connectivity index (χ3n) is 6.17. The lowest BCUT2D eigenvalue weighted by atomic mass is 9.92. The minimum Gasteiger partial charge on any atom is -0.347 e. The number of pyridine rings is 1. The summed E-state index contributed by atoms with van der Waals surface area (Å²) in [7, 11) is 0. The molecule has 0 aliphatic heterocycles. The van der Waals surface area contributed by atoms with E-state index in [0.29, 0.717) is 23.1 Å². The molecule has 0 unspecified atom stereocenters. The van der Waals surface area contributed by atoms with E-state index in [2.05, 4.69) is 10.3 Å². The zero-order chi connectivity index (χ0) is 20.8. The molecule has 0 bridgehead atoms. The minimum atomic E-state index is -0.130. The van der Waals surface area contributed by atoms with Crippen molar-refractivity contribution in [2.45, 2.75) is 63.5 Å². The van der Waals surface area contributed by atoms with Crippen LogP contribution in [0.15, 0.2) is 42.7 Å². The number of rotatable bonds is 7. The number of halogens is 1. The quantitative estimate of drug-likeness (QED) is 0.461. The van der Waals surface area contributed by atoms with Gasteiger partial charge in [-0.3, -0.25) is 9.78 Å². The number of nitrogens with one attached hydrogen (secondary N) is 1. The number of nitrogens with zero attached hydrogens (tertiary/aromatic N) is 1. The maximum Gasteiger partial charge on any atom is 0.253 e. The highest BCUT2D eigenvalue weighted by Gasteiger charge is 2.29. The Morgan fingerprint density at radius 1 is 1.00 bits per heavy atom. The van der Waals surface area contributed by atoms with Crippen LogP contribution < -0.4 is 5.32 Å². The molecule has 2 fully saturated rings. The molecule has 2 aromatic rings. The lowest BCUT2D eigenvalue weighted by Crippen LogP contribution is -2.46. The first-order valence-corrected chi connectivity index (χ1v) is 11.4. The molecular formula is C24H29ClN2O3. The number of hydrogen-bond acceptors (Lipinski definition) is 4. The van der Waals surface area contributed by atoms with Crippen molar-refractivity contribution in [1.82, 2.24) is 10.3 Å². The van der Waals surface area contributed by atoms with Gasteiger partial charge in [-0.15, -0.1) is 0 Å². The van der Waals surface area contributed by atoms with E-state index in [9.17, 15) is 4.79 Å². The Morgan fingerprint density at radius 2 is 1.73 bits per heavy atom. The van der Waals surface area contributed by atoms with E-state index in [1.807, 2.05) is 30.3 Å². The molecule has 5 nitrogen and oxygen atoms in total. The third-order valence-corrected chi connectivity index (χ3v) is 6.42. The molecule has 0 saturated heterocycles. The highest BCUT2D eigenvalue weighted by atomic mass is 35.5. The molecule has 1 aromatic carbocycles. The highest BCUT2D eigenvalue weighted by molar-refractivity contribution is 6.30. The van der Waals surface area contributed by atoms with Crippen LogP contribution in [0.4, 0.5) is 0 Å². The van der Waals surface area contributed by atoms with E-state index >= 15 is 0 Å². The summed E-state index contributed by atoms with van der Waals surface area (Å²) in [6.07, 6.45) is 12.3. The van der Waals surface area contributed by atoms with Crippen LogP contribution in [0.25, 0.3) is 11.1 Å². The maximum absolute atomic E-state index is 12.9. The molecule has 30 heavy (non-hydrogen) atoms. The van der Waals surface area contributed by atoms with Crippen molar-refractivity contribution in [2.24, 2.45) is 5.92 Å². The molecule has 2 atom stereocenters. The molecular weight excluding hydrogens is 400 g/mol. The first kappa shape index (κ1) is 21.3. The van der Waals surface area contributed by atoms with Gasteiger partial charge >= 0.3 is 0 Å². The topological polar surface area (TPSA) is 60.5 Å². The Hall–Kier alpha value is -1.95. The van der Waals surface area contributed by atoms with E-state index in [0.717, 1.165) is 36.8 Å². The normalized spacial score (nSPS) is 22.2. The molecule has 2 aliphatic carbocycles. The molecule has 4 rings (SSSR count). The summed E-state index contributed by atoms with van der Waals surface area (Å²) in [6.45, 7) is 0.657. The van der Waals surface area contributed by atoms with Gasteiger partial charge in [0.25, 0.3) is 5.91 Å². The van der Waals surface area contributed by atoms with Crippen molar-refractivity contribution in [2.75, 3.05) is 6.61 Å². The predicted molar refractivity (Wildman–Crippen MR) is 117 cm³/mol. The van der Waals surface area contributed by atoms with Gasteiger partial charge in [-0.05, 0) is 55.4 Å². The fourth-order valence-electron chi connectivity index (χ4n) is 4.39. The second-order valence-electron chi connectivity index (χ2n) is 8.40. The van der Waals surface area contributed by atoms with Gasteiger partial charge < -0.3 is 5.32 Å². The van der Waals surface area contributed by atoms with Crippen molar-refractivity contribution in [3.05, 3.63) is 53.3 Å². The number of benzene rings is 1. The average molecular weight is 429 g/mol. The summed E-state index contributed by atoms with van der Waals surface area (Å²) >= 11 is 5.97. The Bertz CT molecular complexity index is 837. The maximum atomic E-state index is 12.9. The zero-order valence-corrected chi connectivity index (χ0v) is 17.9. The summed E-state index contributed by atoms with van der Waals surface area (Å²) in [6, 6.07) is 9.33. The molecule has 1 aromatic heterocycles. The summed E-state index contributed by atoms with van der Waals surface area (Å²) in [5.74, 6) is 0.484. The lowest BCUT2D eigenvalue weighted by Gasteiger charge is -2.31.